The molecule has 0 fully saturated rings. The molecule has 228 valence electrons. The van der Waals surface area contributed by atoms with Gasteiger partial charge in [0.2, 0.25) is 0 Å². The number of rotatable bonds is 14. The molecule has 0 radical (unpaired) electrons. The van der Waals surface area contributed by atoms with Crippen LogP contribution in [0.15, 0.2) is 48.5 Å². The first-order valence-electron chi connectivity index (χ1n) is 14.5. The number of nitrogens with zero attached hydrogens (tertiary/aromatic N) is 2. The Hall–Kier alpha value is -4.26. The molecule has 0 bridgehead atoms. The number of aryl methyl sites for hydroxylation is 1. The van der Waals surface area contributed by atoms with Gasteiger partial charge in [-0.1, -0.05) is 24.3 Å². The van der Waals surface area contributed by atoms with Gasteiger partial charge in [-0.2, -0.15) is 5.26 Å². The van der Waals surface area contributed by atoms with Crippen LogP contribution in [0.25, 0.3) is 11.1 Å². The lowest BCUT2D eigenvalue weighted by molar-refractivity contribution is -0.152. The van der Waals surface area contributed by atoms with Crippen LogP contribution < -0.4 is 18.9 Å². The highest BCUT2D eigenvalue weighted by Crippen LogP contribution is 2.37. The van der Waals surface area contributed by atoms with Gasteiger partial charge in [0.1, 0.15) is 36.9 Å². The lowest BCUT2D eigenvalue weighted by Gasteiger charge is -2.33. The number of benzene rings is 3. The quantitative estimate of drug-likeness (QED) is 0.230. The van der Waals surface area contributed by atoms with E-state index in [2.05, 4.69) is 19.1 Å². The first-order valence-corrected chi connectivity index (χ1v) is 14.5. The third-order valence-corrected chi connectivity index (χ3v) is 8.00. The Balaban J connectivity index is 1.56. The molecule has 1 heterocycles. The molecule has 9 nitrogen and oxygen atoms in total. The van der Waals surface area contributed by atoms with Crippen LogP contribution in [-0.4, -0.2) is 60.1 Å². The van der Waals surface area contributed by atoms with Gasteiger partial charge in [0.25, 0.3) is 0 Å². The molecule has 2 N–H and O–H groups in total. The normalized spacial score (nSPS) is 13.7. The molecule has 0 aliphatic carbocycles. The fourth-order valence-electron chi connectivity index (χ4n) is 4.93. The molecular formula is C34H40N2O7. The summed E-state index contributed by atoms with van der Waals surface area (Å²) in [6.45, 7) is 7.05. The van der Waals surface area contributed by atoms with E-state index in [9.17, 15) is 15.0 Å². The number of ether oxygens (including phenoxy) is 4. The van der Waals surface area contributed by atoms with Crippen molar-refractivity contribution in [2.24, 2.45) is 0 Å². The number of aliphatic hydroxyl groups excluding tert-OH is 1. The Labute approximate surface area is 253 Å². The van der Waals surface area contributed by atoms with Crippen molar-refractivity contribution in [3.8, 4) is 40.2 Å². The Morgan fingerprint density at radius 1 is 1.02 bits per heavy atom. The van der Waals surface area contributed by atoms with E-state index in [0.717, 1.165) is 51.3 Å². The molecule has 0 amide bonds. The largest absolute Gasteiger partial charge is 0.493 e. The minimum Gasteiger partial charge on any atom is -0.493 e. The van der Waals surface area contributed by atoms with E-state index < -0.39 is 18.1 Å². The average Bonchev–Trinajstić information content (AvgIpc) is 3.01. The summed E-state index contributed by atoms with van der Waals surface area (Å²) in [7, 11) is 1.66. The predicted octanol–water partition coefficient (Wildman–Crippen LogP) is 5.66. The van der Waals surface area contributed by atoms with Crippen LogP contribution in [0.5, 0.6) is 23.0 Å². The zero-order chi connectivity index (χ0) is 31.0. The van der Waals surface area contributed by atoms with Gasteiger partial charge in [0.15, 0.2) is 11.5 Å². The molecule has 1 aliphatic heterocycles. The highest BCUT2D eigenvalue weighted by molar-refractivity contribution is 5.78. The monoisotopic (exact) mass is 588 g/mol. The number of hydrogen-bond acceptors (Lipinski definition) is 8. The summed E-state index contributed by atoms with van der Waals surface area (Å²) < 4.78 is 23.9. The summed E-state index contributed by atoms with van der Waals surface area (Å²) in [5.41, 5.74) is 4.46. The maximum absolute atomic E-state index is 11.9. The Bertz CT molecular complexity index is 1480. The van der Waals surface area contributed by atoms with Crippen LogP contribution in [0.2, 0.25) is 0 Å². The second-order valence-electron chi connectivity index (χ2n) is 11.0. The Kier molecular flexibility index (Phi) is 10.5. The molecule has 43 heavy (non-hydrogen) atoms. The molecule has 9 heteroatoms. The summed E-state index contributed by atoms with van der Waals surface area (Å²) in [4.78, 5) is 13.5. The van der Waals surface area contributed by atoms with E-state index >= 15 is 0 Å². The van der Waals surface area contributed by atoms with Crippen LogP contribution in [0.4, 0.5) is 0 Å². The van der Waals surface area contributed by atoms with Crippen molar-refractivity contribution in [1.29, 1.82) is 5.26 Å². The SMILES string of the molecule is Cc1cc(CN(C)[C@@](C)(CO)C(=O)O)c(OCCCCC#N)cc1OCc1cccc(-c2ccc3c(c2)OCCO3)c1C. The second-order valence-corrected chi connectivity index (χ2v) is 11.0. The van der Waals surface area contributed by atoms with E-state index in [4.69, 9.17) is 24.2 Å². The molecule has 0 unspecified atom stereocenters. The summed E-state index contributed by atoms with van der Waals surface area (Å²) in [5.74, 6) is 1.63. The van der Waals surface area contributed by atoms with Crippen molar-refractivity contribution in [1.82, 2.24) is 4.90 Å². The summed E-state index contributed by atoms with van der Waals surface area (Å²) >= 11 is 0. The predicted molar refractivity (Wildman–Crippen MR) is 163 cm³/mol. The lowest BCUT2D eigenvalue weighted by Crippen LogP contribution is -2.52. The van der Waals surface area contributed by atoms with Gasteiger partial charge >= 0.3 is 5.97 Å². The zero-order valence-corrected chi connectivity index (χ0v) is 25.3. The highest BCUT2D eigenvalue weighted by atomic mass is 16.6. The summed E-state index contributed by atoms with van der Waals surface area (Å²) in [6.07, 6.45) is 1.89. The van der Waals surface area contributed by atoms with Crippen LogP contribution in [0, 0.1) is 25.2 Å². The smallest absolute Gasteiger partial charge is 0.326 e. The molecule has 3 aromatic rings. The molecule has 0 saturated heterocycles. The number of hydrogen-bond donors (Lipinski definition) is 2. The zero-order valence-electron chi connectivity index (χ0n) is 25.3. The standard InChI is InChI=1S/C34H40N2O7/c1-23-17-27(20-36(4)34(3,22-37)33(38)39)31(40-14-7-5-6-13-35)19-30(23)43-21-26-9-8-10-28(24(26)2)25-11-12-29-32(18-25)42-16-15-41-29/h8-12,17-19,37H,5-7,14-16,20-22H2,1-4H3,(H,38,39)/t34-/m0/s1. The van der Waals surface area contributed by atoms with Crippen molar-refractivity contribution in [2.45, 2.75) is 58.7 Å². The van der Waals surface area contributed by atoms with Gasteiger partial charge in [-0.25, -0.2) is 0 Å². The van der Waals surface area contributed by atoms with E-state index in [1.54, 1.807) is 11.9 Å². The van der Waals surface area contributed by atoms with E-state index in [1.165, 1.54) is 6.92 Å². The van der Waals surface area contributed by atoms with Gasteiger partial charge in [-0.15, -0.1) is 0 Å². The summed E-state index contributed by atoms with van der Waals surface area (Å²) in [5, 5.41) is 28.4. The first kappa shape index (κ1) is 31.7. The molecule has 0 spiro atoms. The topological polar surface area (TPSA) is 121 Å². The van der Waals surface area contributed by atoms with Gasteiger partial charge < -0.3 is 29.2 Å². The molecule has 0 aromatic heterocycles. The van der Waals surface area contributed by atoms with Gasteiger partial charge in [0.05, 0.1) is 19.3 Å². The summed E-state index contributed by atoms with van der Waals surface area (Å²) in [6, 6.07) is 18.1. The number of carbonyl (C=O) groups is 1. The molecule has 0 saturated carbocycles. The average molecular weight is 589 g/mol. The Morgan fingerprint density at radius 3 is 2.51 bits per heavy atom. The minimum absolute atomic E-state index is 0.245. The fourth-order valence-corrected chi connectivity index (χ4v) is 4.93. The first-order chi connectivity index (χ1) is 20.7. The number of likely N-dealkylation sites (N-methyl/N-ethyl adjacent to an activating group) is 1. The van der Waals surface area contributed by atoms with E-state index in [1.807, 2.05) is 49.4 Å². The number of aliphatic carboxylic acids is 1. The second kappa shape index (κ2) is 14.3. The fraction of sp³-hybridized carbons (Fsp3) is 0.412. The lowest BCUT2D eigenvalue weighted by atomic mass is 9.96. The maximum atomic E-state index is 11.9. The molecule has 4 rings (SSSR count). The van der Waals surface area contributed by atoms with E-state index in [-0.39, 0.29) is 6.54 Å². The number of nitriles is 1. The number of aliphatic hydroxyl groups is 1. The molecular weight excluding hydrogens is 548 g/mol. The number of fused-ring (bicyclic) bond motifs is 1. The Morgan fingerprint density at radius 2 is 1.79 bits per heavy atom. The number of unbranched alkanes of at least 4 members (excludes halogenated alkanes) is 2. The van der Waals surface area contributed by atoms with Crippen LogP contribution in [0.1, 0.15) is 48.4 Å². The van der Waals surface area contributed by atoms with Crippen LogP contribution in [0.3, 0.4) is 0 Å². The van der Waals surface area contributed by atoms with Crippen LogP contribution in [-0.2, 0) is 17.9 Å². The van der Waals surface area contributed by atoms with Crippen molar-refractivity contribution in [3.63, 3.8) is 0 Å². The molecule has 1 aliphatic rings. The van der Waals surface area contributed by atoms with Gasteiger partial charge in [0, 0.05) is 24.6 Å². The number of carboxylic acid groups (broad SMARTS) is 1. The van der Waals surface area contributed by atoms with Crippen LogP contribution >= 0.6 is 0 Å². The van der Waals surface area contributed by atoms with E-state index in [0.29, 0.717) is 50.8 Å². The minimum atomic E-state index is -1.45. The highest BCUT2D eigenvalue weighted by Gasteiger charge is 2.37. The molecule has 1 atom stereocenters. The van der Waals surface area contributed by atoms with Crippen molar-refractivity contribution in [3.05, 3.63) is 70.8 Å². The third kappa shape index (κ3) is 7.39. The van der Waals surface area contributed by atoms with Crippen molar-refractivity contribution >= 4 is 5.97 Å². The third-order valence-electron chi connectivity index (χ3n) is 8.00. The van der Waals surface area contributed by atoms with Gasteiger partial charge in [-0.05, 0) is 86.7 Å². The van der Waals surface area contributed by atoms with Crippen molar-refractivity contribution in [2.75, 3.05) is 33.5 Å². The molecule has 3 aromatic carbocycles. The number of carboxylic acids is 1. The maximum Gasteiger partial charge on any atom is 0.326 e. The van der Waals surface area contributed by atoms with Crippen molar-refractivity contribution < 1.29 is 34.0 Å². The van der Waals surface area contributed by atoms with Gasteiger partial charge in [-0.3, -0.25) is 9.69 Å².